The quantitative estimate of drug-likeness (QED) is 0.0915. The molecule has 4 N–H and O–H groups in total. The third-order valence-electron chi connectivity index (χ3n) is 9.88. The SMILES string of the molecule is COc1ccc(N(c2ccc(N)cc2)c2ccc(N(c3ccc(N)cc3)c3ccc(OC)cc3)c3nc4c5ccccc5c5ccccc5c4nc23)cc1. The third-order valence-corrected chi connectivity index (χ3v) is 9.88. The highest BCUT2D eigenvalue weighted by atomic mass is 16.5. The molecule has 8 aromatic carbocycles. The van der Waals surface area contributed by atoms with E-state index < -0.39 is 0 Å². The van der Waals surface area contributed by atoms with E-state index in [1.165, 1.54) is 0 Å². The molecule has 9 aromatic rings. The number of methoxy groups -OCH3 is 2. The summed E-state index contributed by atoms with van der Waals surface area (Å²) in [4.78, 5) is 15.6. The normalized spacial score (nSPS) is 11.3. The highest BCUT2D eigenvalue weighted by Gasteiger charge is 2.24. The first-order chi connectivity index (χ1) is 26.5. The van der Waals surface area contributed by atoms with Crippen molar-refractivity contribution in [1.29, 1.82) is 0 Å². The van der Waals surface area contributed by atoms with Crippen LogP contribution < -0.4 is 30.7 Å². The van der Waals surface area contributed by atoms with E-state index in [0.717, 1.165) is 89.2 Å². The molecule has 8 nitrogen and oxygen atoms in total. The van der Waals surface area contributed by atoms with Crippen molar-refractivity contribution in [2.24, 2.45) is 0 Å². The van der Waals surface area contributed by atoms with Gasteiger partial charge < -0.3 is 30.7 Å². The van der Waals surface area contributed by atoms with Crippen molar-refractivity contribution < 1.29 is 9.47 Å². The zero-order chi connectivity index (χ0) is 36.8. The largest absolute Gasteiger partial charge is 0.497 e. The fourth-order valence-electron chi connectivity index (χ4n) is 7.26. The molecule has 0 radical (unpaired) electrons. The van der Waals surface area contributed by atoms with Crippen molar-refractivity contribution in [2.75, 3.05) is 35.5 Å². The van der Waals surface area contributed by atoms with Crippen LogP contribution in [0.1, 0.15) is 0 Å². The molecule has 0 atom stereocenters. The molecule has 0 unspecified atom stereocenters. The summed E-state index contributed by atoms with van der Waals surface area (Å²) in [6, 6.07) is 52.9. The van der Waals surface area contributed by atoms with Gasteiger partial charge in [0, 0.05) is 44.9 Å². The lowest BCUT2D eigenvalue weighted by molar-refractivity contribution is 0.414. The van der Waals surface area contributed by atoms with Gasteiger partial charge in [0.2, 0.25) is 0 Å². The minimum Gasteiger partial charge on any atom is -0.497 e. The lowest BCUT2D eigenvalue weighted by atomic mass is 9.99. The number of hydrogen-bond acceptors (Lipinski definition) is 8. The fourth-order valence-corrected chi connectivity index (χ4v) is 7.26. The number of nitrogen functional groups attached to an aromatic ring is 2. The standard InChI is InChI=1S/C46H36N6O2/c1-53-35-23-19-33(20-24-35)51(31-15-11-29(47)12-16-31)41-27-28-42(52(32-17-13-30(48)14-18-32)34-21-25-36(54-2)26-22-34)46-45(41)49-43-39-9-5-3-7-37(39)38-8-4-6-10-40(38)44(43)50-46/h3-28H,47-48H2,1-2H3. The van der Waals surface area contributed by atoms with Crippen LogP contribution in [-0.4, -0.2) is 24.2 Å². The van der Waals surface area contributed by atoms with E-state index in [2.05, 4.69) is 70.5 Å². The summed E-state index contributed by atoms with van der Waals surface area (Å²) in [5.74, 6) is 1.53. The summed E-state index contributed by atoms with van der Waals surface area (Å²) in [5, 5.41) is 4.32. The molecule has 1 heterocycles. The minimum atomic E-state index is 0.677. The van der Waals surface area contributed by atoms with Gasteiger partial charge in [0.15, 0.2) is 0 Å². The third kappa shape index (κ3) is 5.57. The van der Waals surface area contributed by atoms with E-state index in [-0.39, 0.29) is 0 Å². The van der Waals surface area contributed by atoms with Crippen LogP contribution in [0.4, 0.5) is 45.5 Å². The minimum absolute atomic E-state index is 0.677. The molecule has 0 aliphatic heterocycles. The number of aromatic nitrogens is 2. The summed E-state index contributed by atoms with van der Waals surface area (Å²) in [6.45, 7) is 0. The van der Waals surface area contributed by atoms with Crippen molar-refractivity contribution in [3.05, 3.63) is 158 Å². The van der Waals surface area contributed by atoms with Crippen LogP contribution in [0, 0.1) is 0 Å². The first-order valence-corrected chi connectivity index (χ1v) is 17.6. The number of benzene rings is 8. The molecule has 54 heavy (non-hydrogen) atoms. The molecule has 0 aliphatic carbocycles. The van der Waals surface area contributed by atoms with Gasteiger partial charge >= 0.3 is 0 Å². The summed E-state index contributed by atoms with van der Waals surface area (Å²) in [5.41, 5.74) is 22.2. The van der Waals surface area contributed by atoms with Gasteiger partial charge in [-0.3, -0.25) is 0 Å². The van der Waals surface area contributed by atoms with Crippen LogP contribution in [0.15, 0.2) is 158 Å². The molecule has 0 amide bonds. The van der Waals surface area contributed by atoms with Gasteiger partial charge in [-0.05, 0) is 120 Å². The molecule has 9 rings (SSSR count). The lowest BCUT2D eigenvalue weighted by Crippen LogP contribution is -2.14. The highest BCUT2D eigenvalue weighted by molar-refractivity contribution is 6.24. The number of fused-ring (bicyclic) bond motifs is 7. The van der Waals surface area contributed by atoms with Crippen molar-refractivity contribution >= 4 is 89.1 Å². The van der Waals surface area contributed by atoms with Crippen LogP contribution in [0.25, 0.3) is 43.6 Å². The Bertz CT molecular complexity index is 2610. The van der Waals surface area contributed by atoms with Gasteiger partial charge in [0.1, 0.15) is 22.5 Å². The van der Waals surface area contributed by atoms with E-state index in [1.807, 2.05) is 97.1 Å². The van der Waals surface area contributed by atoms with Crippen LogP contribution in [0.5, 0.6) is 11.5 Å². The van der Waals surface area contributed by atoms with E-state index >= 15 is 0 Å². The maximum atomic E-state index is 6.21. The number of nitrogens with two attached hydrogens (primary N) is 2. The second-order valence-corrected chi connectivity index (χ2v) is 13.1. The van der Waals surface area contributed by atoms with Crippen LogP contribution >= 0.6 is 0 Å². The second-order valence-electron chi connectivity index (χ2n) is 13.1. The predicted molar refractivity (Wildman–Crippen MR) is 223 cm³/mol. The topological polar surface area (TPSA) is 103 Å². The lowest BCUT2D eigenvalue weighted by Gasteiger charge is -2.30. The summed E-state index contributed by atoms with van der Waals surface area (Å²) in [7, 11) is 3.34. The Morgan fingerprint density at radius 3 is 1.02 bits per heavy atom. The Kier molecular flexibility index (Phi) is 8.05. The fraction of sp³-hybridized carbons (Fsp3) is 0.0435. The molecule has 0 saturated carbocycles. The van der Waals surface area contributed by atoms with Gasteiger partial charge in [0.05, 0.1) is 36.6 Å². The number of nitrogens with zero attached hydrogens (tertiary/aromatic N) is 4. The van der Waals surface area contributed by atoms with Gasteiger partial charge in [-0.1, -0.05) is 48.5 Å². The Morgan fingerprint density at radius 2 is 0.685 bits per heavy atom. The van der Waals surface area contributed by atoms with E-state index in [1.54, 1.807) is 14.2 Å². The number of hydrogen-bond donors (Lipinski definition) is 2. The molecular formula is C46H36N6O2. The second kappa shape index (κ2) is 13.3. The van der Waals surface area contributed by atoms with E-state index in [4.69, 9.17) is 30.9 Å². The average Bonchev–Trinajstić information content (AvgIpc) is 3.23. The molecule has 262 valence electrons. The molecule has 0 saturated heterocycles. The zero-order valence-electron chi connectivity index (χ0n) is 29.8. The van der Waals surface area contributed by atoms with Crippen LogP contribution in [-0.2, 0) is 0 Å². The first-order valence-electron chi connectivity index (χ1n) is 17.6. The molecule has 1 aromatic heterocycles. The van der Waals surface area contributed by atoms with Gasteiger partial charge in [0.25, 0.3) is 0 Å². The molecule has 0 fully saturated rings. The Balaban J connectivity index is 1.42. The van der Waals surface area contributed by atoms with Crippen molar-refractivity contribution in [3.63, 3.8) is 0 Å². The molecule has 0 aliphatic rings. The first kappa shape index (κ1) is 32.6. The van der Waals surface area contributed by atoms with Crippen molar-refractivity contribution in [3.8, 4) is 11.5 Å². The highest BCUT2D eigenvalue weighted by Crippen LogP contribution is 2.46. The number of rotatable bonds is 8. The predicted octanol–water partition coefficient (Wildman–Crippen LogP) is 11.2. The molecular weight excluding hydrogens is 669 g/mol. The summed E-state index contributed by atoms with van der Waals surface area (Å²) >= 11 is 0. The van der Waals surface area contributed by atoms with Crippen LogP contribution in [0.3, 0.4) is 0 Å². The molecule has 0 spiro atoms. The number of anilines is 8. The Hall–Kier alpha value is -7.32. The maximum Gasteiger partial charge on any atom is 0.119 e. The van der Waals surface area contributed by atoms with Gasteiger partial charge in [-0.15, -0.1) is 0 Å². The van der Waals surface area contributed by atoms with E-state index in [0.29, 0.717) is 11.4 Å². The maximum absolute atomic E-state index is 6.21. The van der Waals surface area contributed by atoms with Crippen molar-refractivity contribution in [2.45, 2.75) is 0 Å². The average molecular weight is 705 g/mol. The van der Waals surface area contributed by atoms with Crippen molar-refractivity contribution in [1.82, 2.24) is 9.97 Å². The summed E-state index contributed by atoms with van der Waals surface area (Å²) < 4.78 is 11.1. The van der Waals surface area contributed by atoms with Gasteiger partial charge in [-0.2, -0.15) is 0 Å². The molecule has 8 heteroatoms. The number of ether oxygens (including phenoxy) is 2. The van der Waals surface area contributed by atoms with Gasteiger partial charge in [-0.25, -0.2) is 9.97 Å². The Morgan fingerprint density at radius 1 is 0.370 bits per heavy atom. The van der Waals surface area contributed by atoms with Crippen LogP contribution in [0.2, 0.25) is 0 Å². The Labute approximate surface area is 312 Å². The monoisotopic (exact) mass is 704 g/mol. The summed E-state index contributed by atoms with van der Waals surface area (Å²) in [6.07, 6.45) is 0. The zero-order valence-corrected chi connectivity index (χ0v) is 29.8. The van der Waals surface area contributed by atoms with E-state index in [9.17, 15) is 0 Å². The molecule has 0 bridgehead atoms. The smallest absolute Gasteiger partial charge is 0.119 e.